The third kappa shape index (κ3) is 3.85. The van der Waals surface area contributed by atoms with E-state index in [4.69, 9.17) is 23.2 Å². The third-order valence-corrected chi connectivity index (χ3v) is 10.1. The molecule has 0 spiro atoms. The first-order chi connectivity index (χ1) is 19.8. The van der Waals surface area contributed by atoms with E-state index in [0.29, 0.717) is 51.5 Å². The number of thiophene rings is 1. The number of halogens is 2. The van der Waals surface area contributed by atoms with Crippen LogP contribution in [0.3, 0.4) is 0 Å². The number of alkyl halides is 2. The second-order valence-electron chi connectivity index (χ2n) is 10.6. The number of H-pyrrole nitrogens is 1. The van der Waals surface area contributed by atoms with Gasteiger partial charge in [0.2, 0.25) is 0 Å². The average Bonchev–Trinajstić information content (AvgIpc) is 3.76. The summed E-state index contributed by atoms with van der Waals surface area (Å²) in [6.07, 6.45) is 1.84. The lowest BCUT2D eigenvalue weighted by atomic mass is 9.95. The normalized spacial score (nSPS) is 17.9. The SMILES string of the molecule is Cc1c[nH]c2c(O)cc3c(c12)[C@H](CCl)CN3C(=O)c1ccc(C(=O)N2C[C@@H](CCl)c3c2cc(O)c2ccccc32)s1. The lowest BCUT2D eigenvalue weighted by Gasteiger charge is -2.18. The van der Waals surface area contributed by atoms with E-state index in [0.717, 1.165) is 44.2 Å². The molecule has 0 saturated carbocycles. The van der Waals surface area contributed by atoms with E-state index in [9.17, 15) is 19.8 Å². The Kier molecular flexibility index (Phi) is 6.19. The van der Waals surface area contributed by atoms with E-state index >= 15 is 0 Å². The summed E-state index contributed by atoms with van der Waals surface area (Å²) in [6, 6.07) is 14.1. The van der Waals surface area contributed by atoms with Gasteiger partial charge in [-0.3, -0.25) is 9.59 Å². The first kappa shape index (κ1) is 26.2. The molecule has 0 aliphatic carbocycles. The number of carbonyl (C=O) groups is 2. The van der Waals surface area contributed by atoms with E-state index in [-0.39, 0.29) is 35.1 Å². The van der Waals surface area contributed by atoms with Gasteiger partial charge in [-0.25, -0.2) is 0 Å². The minimum absolute atomic E-state index is 0.0687. The Hall–Kier alpha value is -3.72. The molecule has 0 unspecified atom stereocenters. The van der Waals surface area contributed by atoms with Crippen molar-refractivity contribution in [2.75, 3.05) is 34.6 Å². The van der Waals surface area contributed by atoms with Crippen LogP contribution in [0, 0.1) is 6.92 Å². The van der Waals surface area contributed by atoms with E-state index in [2.05, 4.69) is 4.98 Å². The number of phenolic OH excluding ortho intramolecular Hbond substituents is 2. The molecule has 7 nitrogen and oxygen atoms in total. The molecule has 2 atom stereocenters. The maximum absolute atomic E-state index is 13.8. The molecule has 2 aliphatic rings. The number of fused-ring (bicyclic) bond motifs is 6. The number of carbonyl (C=O) groups excluding carboxylic acids is 2. The molecule has 0 bridgehead atoms. The zero-order chi connectivity index (χ0) is 28.6. The number of hydrogen-bond acceptors (Lipinski definition) is 5. The molecule has 0 fully saturated rings. The zero-order valence-corrected chi connectivity index (χ0v) is 24.3. The van der Waals surface area contributed by atoms with Crippen molar-refractivity contribution >= 4 is 79.4 Å². The molecule has 41 heavy (non-hydrogen) atoms. The standard InChI is InChI=1S/C31H25Cl2N3O4S/c1-15-12-34-29-23(38)9-21-28(26(15)29)17(11-33)14-36(21)31(40)25-7-6-24(41-25)30(39)35-13-16(10-32)27-19-5-3-2-4-18(19)22(37)8-20(27)35/h2-9,12,16-17,34,37-38H,10-11,13-14H2,1H3/t16-,17-/m1/s1. The van der Waals surface area contributed by atoms with Crippen LogP contribution in [0.4, 0.5) is 11.4 Å². The molecule has 2 aromatic heterocycles. The van der Waals surface area contributed by atoms with Gasteiger partial charge in [0.25, 0.3) is 11.8 Å². The highest BCUT2D eigenvalue weighted by molar-refractivity contribution is 7.16. The van der Waals surface area contributed by atoms with Crippen molar-refractivity contribution in [3.8, 4) is 11.5 Å². The number of phenols is 2. The van der Waals surface area contributed by atoms with Crippen molar-refractivity contribution in [1.29, 1.82) is 0 Å². The number of aromatic amines is 1. The largest absolute Gasteiger partial charge is 0.507 e. The summed E-state index contributed by atoms with van der Waals surface area (Å²) >= 11 is 13.8. The molecule has 5 aromatic rings. The minimum Gasteiger partial charge on any atom is -0.507 e. The van der Waals surface area contributed by atoms with Crippen LogP contribution in [0.2, 0.25) is 0 Å². The number of aromatic nitrogens is 1. The molecular weight excluding hydrogens is 581 g/mol. The highest BCUT2D eigenvalue weighted by atomic mass is 35.5. The quantitative estimate of drug-likeness (QED) is 0.191. The first-order valence-corrected chi connectivity index (χ1v) is 15.1. The van der Waals surface area contributed by atoms with E-state index in [1.807, 2.05) is 37.4 Å². The van der Waals surface area contributed by atoms with Crippen molar-refractivity contribution in [1.82, 2.24) is 4.98 Å². The Labute approximate surface area is 249 Å². The fourth-order valence-corrected chi connectivity index (χ4v) is 7.83. The van der Waals surface area contributed by atoms with Gasteiger partial charge in [0.15, 0.2) is 0 Å². The Morgan fingerprint density at radius 2 is 1.44 bits per heavy atom. The monoisotopic (exact) mass is 605 g/mol. The van der Waals surface area contributed by atoms with Crippen LogP contribution in [0.25, 0.3) is 21.7 Å². The maximum atomic E-state index is 13.8. The molecular formula is C31H25Cl2N3O4S. The highest BCUT2D eigenvalue weighted by Gasteiger charge is 2.38. The van der Waals surface area contributed by atoms with E-state index in [1.54, 1.807) is 34.1 Å². The number of benzene rings is 3. The van der Waals surface area contributed by atoms with Crippen molar-refractivity contribution in [3.63, 3.8) is 0 Å². The number of nitrogens with one attached hydrogen (secondary N) is 1. The Balaban J connectivity index is 1.23. The number of aromatic hydroxyl groups is 2. The Morgan fingerprint density at radius 1 is 0.878 bits per heavy atom. The molecule has 7 rings (SSSR count). The van der Waals surface area contributed by atoms with Crippen LogP contribution in [-0.4, -0.2) is 51.9 Å². The van der Waals surface area contributed by atoms with Crippen LogP contribution in [-0.2, 0) is 0 Å². The summed E-state index contributed by atoms with van der Waals surface area (Å²) < 4.78 is 0. The Bertz CT molecular complexity index is 1900. The van der Waals surface area contributed by atoms with Crippen LogP contribution < -0.4 is 9.80 Å². The molecule has 0 radical (unpaired) electrons. The predicted octanol–water partition coefficient (Wildman–Crippen LogP) is 7.07. The minimum atomic E-state index is -0.251. The van der Waals surface area contributed by atoms with Crippen molar-refractivity contribution in [2.24, 2.45) is 0 Å². The van der Waals surface area contributed by atoms with Gasteiger partial charge in [-0.2, -0.15) is 0 Å². The van der Waals surface area contributed by atoms with Gasteiger partial charge in [-0.05, 0) is 41.1 Å². The van der Waals surface area contributed by atoms with Gasteiger partial charge in [0, 0.05) is 65.8 Å². The summed E-state index contributed by atoms with van der Waals surface area (Å²) in [5, 5.41) is 23.9. The zero-order valence-electron chi connectivity index (χ0n) is 21.9. The number of nitrogens with zero attached hydrogens (tertiary/aromatic N) is 2. The maximum Gasteiger partial charge on any atom is 0.268 e. The lowest BCUT2D eigenvalue weighted by molar-refractivity contribution is 0.0986. The molecule has 4 heterocycles. The van der Waals surface area contributed by atoms with Crippen LogP contribution in [0.5, 0.6) is 11.5 Å². The number of amides is 2. The average molecular weight is 607 g/mol. The molecule has 2 aliphatic heterocycles. The summed E-state index contributed by atoms with van der Waals surface area (Å²) in [4.78, 5) is 34.9. The van der Waals surface area contributed by atoms with E-state index < -0.39 is 0 Å². The number of aryl methyl sites for hydroxylation is 1. The highest BCUT2D eigenvalue weighted by Crippen LogP contribution is 2.48. The molecule has 0 saturated heterocycles. The van der Waals surface area contributed by atoms with Crippen molar-refractivity contribution in [2.45, 2.75) is 18.8 Å². The molecule has 10 heteroatoms. The molecule has 3 N–H and O–H groups in total. The van der Waals surface area contributed by atoms with Crippen LogP contribution >= 0.6 is 34.5 Å². The number of hydrogen-bond donors (Lipinski definition) is 3. The Morgan fingerprint density at radius 3 is 2.07 bits per heavy atom. The van der Waals surface area contributed by atoms with Crippen LogP contribution in [0.15, 0.2) is 54.7 Å². The van der Waals surface area contributed by atoms with Crippen molar-refractivity contribution < 1.29 is 19.8 Å². The molecule has 2 amide bonds. The number of anilines is 2. The third-order valence-electron chi connectivity index (χ3n) is 8.29. The molecule has 208 valence electrons. The fourth-order valence-electron chi connectivity index (χ4n) is 6.42. The van der Waals surface area contributed by atoms with E-state index in [1.165, 1.54) is 0 Å². The van der Waals surface area contributed by atoms with Gasteiger partial charge < -0.3 is 25.0 Å². The predicted molar refractivity (Wildman–Crippen MR) is 165 cm³/mol. The first-order valence-electron chi connectivity index (χ1n) is 13.3. The molecule has 3 aromatic carbocycles. The second-order valence-corrected chi connectivity index (χ2v) is 12.3. The second kappa shape index (κ2) is 9.69. The van der Waals surface area contributed by atoms with Crippen LogP contribution in [0.1, 0.15) is 47.9 Å². The van der Waals surface area contributed by atoms with Gasteiger partial charge in [0.1, 0.15) is 11.5 Å². The number of rotatable bonds is 4. The lowest BCUT2D eigenvalue weighted by Crippen LogP contribution is -2.30. The summed E-state index contributed by atoms with van der Waals surface area (Å²) in [6.45, 7) is 2.72. The van der Waals surface area contributed by atoms with Gasteiger partial charge in [0.05, 0.1) is 26.6 Å². The summed E-state index contributed by atoms with van der Waals surface area (Å²) in [5.41, 5.74) is 4.77. The van der Waals surface area contributed by atoms with Crippen molar-refractivity contribution in [3.05, 3.63) is 81.2 Å². The smallest absolute Gasteiger partial charge is 0.268 e. The van der Waals surface area contributed by atoms with Gasteiger partial charge in [-0.15, -0.1) is 34.5 Å². The fraction of sp³-hybridized carbons (Fsp3) is 0.226. The van der Waals surface area contributed by atoms with Gasteiger partial charge >= 0.3 is 0 Å². The van der Waals surface area contributed by atoms with Gasteiger partial charge in [-0.1, -0.05) is 24.3 Å². The topological polar surface area (TPSA) is 96.9 Å². The summed E-state index contributed by atoms with van der Waals surface area (Å²) in [7, 11) is 0. The summed E-state index contributed by atoms with van der Waals surface area (Å²) in [5.74, 6) is 0.149.